The first-order valence-electron chi connectivity index (χ1n) is 7.17. The monoisotopic (exact) mass is 232 g/mol. The lowest BCUT2D eigenvalue weighted by Crippen LogP contribution is -2.04. The van der Waals surface area contributed by atoms with Crippen molar-refractivity contribution >= 4 is 0 Å². The molecule has 1 aromatic rings. The molecule has 1 rings (SSSR count). The summed E-state index contributed by atoms with van der Waals surface area (Å²) in [5.41, 5.74) is 6.02. The van der Waals surface area contributed by atoms with Gasteiger partial charge in [-0.15, -0.1) is 0 Å². The molecule has 96 valence electrons. The highest BCUT2D eigenvalue weighted by Crippen LogP contribution is 2.32. The van der Waals surface area contributed by atoms with E-state index in [0.717, 1.165) is 5.92 Å². The SMILES string of the molecule is CCCCC(CCC)c1c(C)cc(C)cc1C. The Morgan fingerprint density at radius 1 is 0.882 bits per heavy atom. The second-order valence-electron chi connectivity index (χ2n) is 5.44. The van der Waals surface area contributed by atoms with Crippen molar-refractivity contribution in [2.24, 2.45) is 0 Å². The lowest BCUT2D eigenvalue weighted by molar-refractivity contribution is 0.537. The van der Waals surface area contributed by atoms with Crippen LogP contribution in [-0.4, -0.2) is 0 Å². The molecule has 1 atom stereocenters. The smallest absolute Gasteiger partial charge is 0.0157 e. The second kappa shape index (κ2) is 6.83. The van der Waals surface area contributed by atoms with Crippen molar-refractivity contribution in [1.82, 2.24) is 0 Å². The highest BCUT2D eigenvalue weighted by molar-refractivity contribution is 5.39. The number of hydrogen-bond acceptors (Lipinski definition) is 0. The van der Waals surface area contributed by atoms with E-state index in [-0.39, 0.29) is 0 Å². The van der Waals surface area contributed by atoms with Gasteiger partial charge in [-0.05, 0) is 56.2 Å². The van der Waals surface area contributed by atoms with Crippen molar-refractivity contribution in [3.05, 3.63) is 34.4 Å². The lowest BCUT2D eigenvalue weighted by Gasteiger charge is -2.22. The van der Waals surface area contributed by atoms with E-state index in [1.165, 1.54) is 48.8 Å². The first-order valence-corrected chi connectivity index (χ1v) is 7.17. The fourth-order valence-electron chi connectivity index (χ4n) is 3.07. The summed E-state index contributed by atoms with van der Waals surface area (Å²) in [5.74, 6) is 0.778. The van der Waals surface area contributed by atoms with Gasteiger partial charge in [0.2, 0.25) is 0 Å². The Hall–Kier alpha value is -0.780. The van der Waals surface area contributed by atoms with Crippen LogP contribution >= 0.6 is 0 Å². The molecule has 17 heavy (non-hydrogen) atoms. The molecule has 0 aromatic heterocycles. The van der Waals surface area contributed by atoms with E-state index in [2.05, 4.69) is 46.8 Å². The van der Waals surface area contributed by atoms with Crippen LogP contribution in [0.3, 0.4) is 0 Å². The van der Waals surface area contributed by atoms with Crippen molar-refractivity contribution in [3.8, 4) is 0 Å². The molecule has 0 heterocycles. The Morgan fingerprint density at radius 3 is 1.94 bits per heavy atom. The quantitative estimate of drug-likeness (QED) is 0.591. The average molecular weight is 232 g/mol. The van der Waals surface area contributed by atoms with Crippen LogP contribution in [0.1, 0.15) is 74.1 Å². The topological polar surface area (TPSA) is 0 Å². The summed E-state index contributed by atoms with van der Waals surface area (Å²) in [6, 6.07) is 4.69. The molecule has 0 bridgehead atoms. The summed E-state index contributed by atoms with van der Waals surface area (Å²) >= 11 is 0. The highest BCUT2D eigenvalue weighted by Gasteiger charge is 2.15. The molecule has 1 aromatic carbocycles. The minimum atomic E-state index is 0.778. The summed E-state index contributed by atoms with van der Waals surface area (Å²) in [6.07, 6.45) is 6.66. The van der Waals surface area contributed by atoms with E-state index in [1.807, 2.05) is 0 Å². The minimum absolute atomic E-state index is 0.778. The highest BCUT2D eigenvalue weighted by atomic mass is 14.2. The molecule has 0 saturated heterocycles. The average Bonchev–Trinajstić information content (AvgIpc) is 2.24. The number of aryl methyl sites for hydroxylation is 3. The Labute approximate surface area is 107 Å². The van der Waals surface area contributed by atoms with Crippen molar-refractivity contribution < 1.29 is 0 Å². The molecule has 0 N–H and O–H groups in total. The van der Waals surface area contributed by atoms with E-state index in [9.17, 15) is 0 Å². The van der Waals surface area contributed by atoms with Crippen LogP contribution < -0.4 is 0 Å². The lowest BCUT2D eigenvalue weighted by atomic mass is 9.84. The predicted molar refractivity (Wildman–Crippen MR) is 77.8 cm³/mol. The van der Waals surface area contributed by atoms with E-state index in [0.29, 0.717) is 0 Å². The van der Waals surface area contributed by atoms with Crippen molar-refractivity contribution in [2.45, 2.75) is 72.6 Å². The van der Waals surface area contributed by atoms with E-state index in [1.54, 1.807) is 5.56 Å². The number of benzene rings is 1. The van der Waals surface area contributed by atoms with Gasteiger partial charge < -0.3 is 0 Å². The van der Waals surface area contributed by atoms with Gasteiger partial charge in [0, 0.05) is 0 Å². The normalized spacial score (nSPS) is 12.8. The fraction of sp³-hybridized carbons (Fsp3) is 0.647. The van der Waals surface area contributed by atoms with Gasteiger partial charge in [0.1, 0.15) is 0 Å². The van der Waals surface area contributed by atoms with Gasteiger partial charge in [-0.3, -0.25) is 0 Å². The molecule has 0 aliphatic heterocycles. The zero-order valence-electron chi connectivity index (χ0n) is 12.3. The van der Waals surface area contributed by atoms with Gasteiger partial charge in [0.15, 0.2) is 0 Å². The van der Waals surface area contributed by atoms with Crippen molar-refractivity contribution in [3.63, 3.8) is 0 Å². The van der Waals surface area contributed by atoms with Crippen LogP contribution in [0.5, 0.6) is 0 Å². The molecule has 0 nitrogen and oxygen atoms in total. The number of unbranched alkanes of at least 4 members (excludes halogenated alkanes) is 1. The maximum absolute atomic E-state index is 2.34. The first-order chi connectivity index (χ1) is 8.10. The van der Waals surface area contributed by atoms with Gasteiger partial charge in [-0.1, -0.05) is 50.8 Å². The minimum Gasteiger partial charge on any atom is -0.0654 e. The van der Waals surface area contributed by atoms with Crippen LogP contribution in [0, 0.1) is 20.8 Å². The van der Waals surface area contributed by atoms with Gasteiger partial charge in [-0.25, -0.2) is 0 Å². The van der Waals surface area contributed by atoms with Crippen LogP contribution in [0.25, 0.3) is 0 Å². The summed E-state index contributed by atoms with van der Waals surface area (Å²) in [7, 11) is 0. The maximum Gasteiger partial charge on any atom is -0.0157 e. The number of rotatable bonds is 6. The largest absolute Gasteiger partial charge is 0.0654 e. The van der Waals surface area contributed by atoms with Gasteiger partial charge in [0.05, 0.1) is 0 Å². The van der Waals surface area contributed by atoms with E-state index >= 15 is 0 Å². The van der Waals surface area contributed by atoms with Crippen LogP contribution in [-0.2, 0) is 0 Å². The molecule has 0 radical (unpaired) electrons. The zero-order valence-corrected chi connectivity index (χ0v) is 12.3. The molecular formula is C17H28. The Kier molecular flexibility index (Phi) is 5.74. The van der Waals surface area contributed by atoms with Crippen LogP contribution in [0.4, 0.5) is 0 Å². The molecule has 0 aliphatic rings. The van der Waals surface area contributed by atoms with Gasteiger partial charge in [0.25, 0.3) is 0 Å². The summed E-state index contributed by atoms with van der Waals surface area (Å²) in [4.78, 5) is 0. The Morgan fingerprint density at radius 2 is 1.47 bits per heavy atom. The molecule has 0 saturated carbocycles. The predicted octanol–water partition coefficient (Wildman–Crippen LogP) is 5.69. The second-order valence-corrected chi connectivity index (χ2v) is 5.44. The van der Waals surface area contributed by atoms with E-state index < -0.39 is 0 Å². The zero-order chi connectivity index (χ0) is 12.8. The van der Waals surface area contributed by atoms with Crippen LogP contribution in [0.2, 0.25) is 0 Å². The third-order valence-corrected chi connectivity index (χ3v) is 3.69. The third kappa shape index (κ3) is 3.87. The van der Waals surface area contributed by atoms with Gasteiger partial charge >= 0.3 is 0 Å². The first kappa shape index (κ1) is 14.3. The molecular weight excluding hydrogens is 204 g/mol. The van der Waals surface area contributed by atoms with E-state index in [4.69, 9.17) is 0 Å². The number of hydrogen-bond donors (Lipinski definition) is 0. The summed E-state index contributed by atoms with van der Waals surface area (Å²) < 4.78 is 0. The Bertz CT molecular complexity index is 326. The third-order valence-electron chi connectivity index (χ3n) is 3.69. The molecule has 0 fully saturated rings. The molecule has 0 aliphatic carbocycles. The summed E-state index contributed by atoms with van der Waals surface area (Å²) in [5, 5.41) is 0. The van der Waals surface area contributed by atoms with Crippen molar-refractivity contribution in [2.75, 3.05) is 0 Å². The Balaban J connectivity index is 3.00. The standard InChI is InChI=1S/C17H28/c1-6-8-10-16(9-7-2)17-14(4)11-13(3)12-15(17)5/h11-12,16H,6-10H2,1-5H3. The molecule has 0 heteroatoms. The summed E-state index contributed by atoms with van der Waals surface area (Å²) in [6.45, 7) is 11.4. The van der Waals surface area contributed by atoms with Crippen LogP contribution in [0.15, 0.2) is 12.1 Å². The molecule has 1 unspecified atom stereocenters. The fourth-order valence-corrected chi connectivity index (χ4v) is 3.07. The molecule has 0 amide bonds. The van der Waals surface area contributed by atoms with Gasteiger partial charge in [-0.2, -0.15) is 0 Å². The molecule has 0 spiro atoms. The van der Waals surface area contributed by atoms with Crippen molar-refractivity contribution in [1.29, 1.82) is 0 Å². The maximum atomic E-state index is 2.34.